The average molecular weight is 318 g/mol. The van der Waals surface area contributed by atoms with E-state index in [2.05, 4.69) is 27.8 Å². The van der Waals surface area contributed by atoms with Crippen molar-refractivity contribution >= 4 is 15.9 Å². The molecule has 1 fully saturated rings. The second-order valence-electron chi connectivity index (χ2n) is 4.65. The normalized spacial score (nSPS) is 25.3. The van der Waals surface area contributed by atoms with Crippen molar-refractivity contribution in [2.45, 2.75) is 25.6 Å². The lowest BCUT2D eigenvalue weighted by Crippen LogP contribution is -2.48. The molecular formula is C13H17BrFNO2. The van der Waals surface area contributed by atoms with Gasteiger partial charge in [-0.25, -0.2) is 4.39 Å². The van der Waals surface area contributed by atoms with Crippen LogP contribution in [0.1, 0.15) is 12.5 Å². The van der Waals surface area contributed by atoms with Gasteiger partial charge in [0.2, 0.25) is 0 Å². The predicted molar refractivity (Wildman–Crippen MR) is 70.8 cm³/mol. The lowest BCUT2D eigenvalue weighted by Gasteiger charge is -2.37. The number of hydrogen-bond donors (Lipinski definition) is 1. The fourth-order valence-corrected chi connectivity index (χ4v) is 2.55. The van der Waals surface area contributed by atoms with Gasteiger partial charge in [0.1, 0.15) is 5.82 Å². The summed E-state index contributed by atoms with van der Waals surface area (Å²) in [7, 11) is 0. The Morgan fingerprint density at radius 3 is 3.00 bits per heavy atom. The number of aliphatic hydroxyl groups is 1. The van der Waals surface area contributed by atoms with E-state index in [4.69, 9.17) is 9.84 Å². The smallest absolute Gasteiger partial charge is 0.124 e. The van der Waals surface area contributed by atoms with E-state index in [9.17, 15) is 4.39 Å². The number of benzene rings is 1. The number of hydrogen-bond acceptors (Lipinski definition) is 3. The Hall–Kier alpha value is -0.490. The molecule has 100 valence electrons. The number of morpholine rings is 1. The van der Waals surface area contributed by atoms with Crippen molar-refractivity contribution in [1.29, 1.82) is 0 Å². The van der Waals surface area contributed by atoms with E-state index in [0.29, 0.717) is 19.2 Å². The van der Waals surface area contributed by atoms with Crippen molar-refractivity contribution in [1.82, 2.24) is 4.90 Å². The van der Waals surface area contributed by atoms with Gasteiger partial charge in [-0.1, -0.05) is 22.0 Å². The first-order valence-corrected chi connectivity index (χ1v) is 6.80. The fourth-order valence-electron chi connectivity index (χ4n) is 2.07. The zero-order chi connectivity index (χ0) is 13.1. The highest BCUT2D eigenvalue weighted by molar-refractivity contribution is 9.10. The number of rotatable bonds is 3. The van der Waals surface area contributed by atoms with Crippen molar-refractivity contribution in [3.8, 4) is 0 Å². The van der Waals surface area contributed by atoms with E-state index in [1.807, 2.05) is 0 Å². The first-order valence-electron chi connectivity index (χ1n) is 6.00. The summed E-state index contributed by atoms with van der Waals surface area (Å²) < 4.78 is 19.3. The molecule has 5 heteroatoms. The maximum absolute atomic E-state index is 13.0. The Kier molecular flexibility index (Phi) is 4.72. The van der Waals surface area contributed by atoms with Gasteiger partial charge in [-0.15, -0.1) is 0 Å². The lowest BCUT2D eigenvalue weighted by atomic mass is 10.1. The topological polar surface area (TPSA) is 32.7 Å². The molecule has 1 saturated heterocycles. The molecule has 1 aromatic carbocycles. The van der Waals surface area contributed by atoms with Crippen LogP contribution in [0.3, 0.4) is 0 Å². The van der Waals surface area contributed by atoms with E-state index in [0.717, 1.165) is 16.6 Å². The molecule has 0 aromatic heterocycles. The molecule has 0 bridgehead atoms. The molecule has 1 aliphatic rings. The summed E-state index contributed by atoms with van der Waals surface area (Å²) in [5.41, 5.74) is 1.04. The van der Waals surface area contributed by atoms with Crippen LogP contribution < -0.4 is 0 Å². The Morgan fingerprint density at radius 2 is 2.33 bits per heavy atom. The lowest BCUT2D eigenvalue weighted by molar-refractivity contribution is -0.0806. The van der Waals surface area contributed by atoms with E-state index in [1.165, 1.54) is 12.1 Å². The Labute approximate surface area is 115 Å². The zero-order valence-electron chi connectivity index (χ0n) is 10.3. The summed E-state index contributed by atoms with van der Waals surface area (Å²) in [4.78, 5) is 2.24. The first-order chi connectivity index (χ1) is 8.60. The SMILES string of the molecule is CC1COC(CO)CN1Cc1ccc(F)cc1Br. The quantitative estimate of drug-likeness (QED) is 0.927. The molecule has 2 unspecified atom stereocenters. The predicted octanol–water partition coefficient (Wildman–Crippen LogP) is 2.17. The number of aliphatic hydroxyl groups excluding tert-OH is 1. The van der Waals surface area contributed by atoms with E-state index in [1.54, 1.807) is 6.07 Å². The molecule has 1 N–H and O–H groups in total. The van der Waals surface area contributed by atoms with Crippen molar-refractivity contribution in [3.05, 3.63) is 34.1 Å². The molecule has 2 atom stereocenters. The molecule has 18 heavy (non-hydrogen) atoms. The molecule has 0 saturated carbocycles. The van der Waals surface area contributed by atoms with E-state index >= 15 is 0 Å². The third kappa shape index (κ3) is 3.29. The monoisotopic (exact) mass is 317 g/mol. The van der Waals surface area contributed by atoms with Gasteiger partial charge >= 0.3 is 0 Å². The standard InChI is InChI=1S/C13H17BrFNO2/c1-9-8-18-12(7-17)6-16(9)5-10-2-3-11(15)4-13(10)14/h2-4,9,12,17H,5-8H2,1H3. The van der Waals surface area contributed by atoms with Gasteiger partial charge in [0.05, 0.1) is 19.3 Å². The minimum Gasteiger partial charge on any atom is -0.394 e. The van der Waals surface area contributed by atoms with Gasteiger partial charge in [-0.2, -0.15) is 0 Å². The van der Waals surface area contributed by atoms with Gasteiger partial charge in [-0.3, -0.25) is 4.90 Å². The van der Waals surface area contributed by atoms with Crippen LogP contribution in [-0.4, -0.2) is 41.9 Å². The molecule has 3 nitrogen and oxygen atoms in total. The molecule has 0 radical (unpaired) electrons. The van der Waals surface area contributed by atoms with Gasteiger partial charge in [0, 0.05) is 23.6 Å². The van der Waals surface area contributed by atoms with Gasteiger partial charge in [0.25, 0.3) is 0 Å². The number of ether oxygens (including phenoxy) is 1. The van der Waals surface area contributed by atoms with Gasteiger partial charge in [-0.05, 0) is 24.6 Å². The molecule has 0 spiro atoms. The Balaban J connectivity index is 2.07. The summed E-state index contributed by atoms with van der Waals surface area (Å²) >= 11 is 3.38. The Bertz CT molecular complexity index is 416. The fraction of sp³-hybridized carbons (Fsp3) is 0.538. The molecule has 1 aliphatic heterocycles. The Morgan fingerprint density at radius 1 is 1.56 bits per heavy atom. The summed E-state index contributed by atoms with van der Waals surface area (Å²) in [5, 5.41) is 9.14. The van der Waals surface area contributed by atoms with Gasteiger partial charge < -0.3 is 9.84 Å². The summed E-state index contributed by atoms with van der Waals surface area (Å²) in [6.45, 7) is 4.16. The highest BCUT2D eigenvalue weighted by Crippen LogP contribution is 2.22. The van der Waals surface area contributed by atoms with Crippen LogP contribution in [0, 0.1) is 5.82 Å². The number of nitrogens with zero attached hydrogens (tertiary/aromatic N) is 1. The van der Waals surface area contributed by atoms with Gasteiger partial charge in [0.15, 0.2) is 0 Å². The van der Waals surface area contributed by atoms with E-state index < -0.39 is 0 Å². The molecule has 1 aromatic rings. The highest BCUT2D eigenvalue weighted by Gasteiger charge is 2.25. The third-order valence-electron chi connectivity index (χ3n) is 3.23. The molecular weight excluding hydrogens is 301 g/mol. The molecule has 0 amide bonds. The van der Waals surface area contributed by atoms with Crippen LogP contribution in [0.4, 0.5) is 4.39 Å². The van der Waals surface area contributed by atoms with Crippen molar-refractivity contribution in [3.63, 3.8) is 0 Å². The second kappa shape index (κ2) is 6.10. The maximum atomic E-state index is 13.0. The largest absolute Gasteiger partial charge is 0.394 e. The zero-order valence-corrected chi connectivity index (χ0v) is 11.9. The average Bonchev–Trinajstić information content (AvgIpc) is 2.35. The minimum atomic E-state index is -0.242. The van der Waals surface area contributed by atoms with Crippen LogP contribution in [0.5, 0.6) is 0 Å². The van der Waals surface area contributed by atoms with Crippen LogP contribution in [-0.2, 0) is 11.3 Å². The molecule has 0 aliphatic carbocycles. The van der Waals surface area contributed by atoms with Crippen molar-refractivity contribution in [2.24, 2.45) is 0 Å². The van der Waals surface area contributed by atoms with Crippen LogP contribution in [0.2, 0.25) is 0 Å². The highest BCUT2D eigenvalue weighted by atomic mass is 79.9. The van der Waals surface area contributed by atoms with Crippen LogP contribution >= 0.6 is 15.9 Å². The van der Waals surface area contributed by atoms with Crippen LogP contribution in [0.15, 0.2) is 22.7 Å². The third-order valence-corrected chi connectivity index (χ3v) is 3.97. The summed E-state index contributed by atoms with van der Waals surface area (Å²) in [6.07, 6.45) is -0.125. The maximum Gasteiger partial charge on any atom is 0.124 e. The van der Waals surface area contributed by atoms with Crippen LogP contribution in [0.25, 0.3) is 0 Å². The second-order valence-corrected chi connectivity index (χ2v) is 5.51. The van der Waals surface area contributed by atoms with E-state index in [-0.39, 0.29) is 18.5 Å². The molecule has 2 rings (SSSR count). The summed E-state index contributed by atoms with van der Waals surface area (Å²) in [5.74, 6) is -0.242. The van der Waals surface area contributed by atoms with Crippen molar-refractivity contribution < 1.29 is 14.2 Å². The first kappa shape index (κ1) is 13.9. The molecule has 1 heterocycles. The number of halogens is 2. The minimum absolute atomic E-state index is 0.0355. The summed E-state index contributed by atoms with van der Waals surface area (Å²) in [6, 6.07) is 5.03. The van der Waals surface area contributed by atoms with Crippen molar-refractivity contribution in [2.75, 3.05) is 19.8 Å².